The van der Waals surface area contributed by atoms with Crippen molar-refractivity contribution >= 4 is 28.9 Å². The Morgan fingerprint density at radius 1 is 1.24 bits per heavy atom. The van der Waals surface area contributed by atoms with Crippen LogP contribution in [0.4, 0.5) is 0 Å². The van der Waals surface area contributed by atoms with Crippen molar-refractivity contribution in [2.24, 2.45) is 5.41 Å². The summed E-state index contributed by atoms with van der Waals surface area (Å²) >= 11 is 3.37. The second-order valence-corrected chi connectivity index (χ2v) is 8.56. The molecule has 0 aliphatic heterocycles. The largest absolute Gasteiger partial charge is 0.293 e. The summed E-state index contributed by atoms with van der Waals surface area (Å²) in [6.45, 7) is 6.39. The number of benzene rings is 1. The third kappa shape index (κ3) is 3.38. The fourth-order valence-corrected chi connectivity index (χ4v) is 4.52. The smallest absolute Gasteiger partial charge is 0.175 e. The van der Waals surface area contributed by atoms with Crippen molar-refractivity contribution in [1.82, 2.24) is 4.98 Å². The molecule has 0 amide bonds. The van der Waals surface area contributed by atoms with Crippen LogP contribution in [0.25, 0.3) is 0 Å². The summed E-state index contributed by atoms with van der Waals surface area (Å²) in [7, 11) is 0. The molecule has 1 aliphatic rings. The van der Waals surface area contributed by atoms with Crippen LogP contribution in [0.3, 0.4) is 0 Å². The molecule has 1 aliphatic carbocycles. The maximum absolute atomic E-state index is 12.2. The number of ketones is 1. The molecule has 3 rings (SSSR count). The van der Waals surface area contributed by atoms with E-state index in [1.165, 1.54) is 10.5 Å². The Balaban J connectivity index is 1.73. The van der Waals surface area contributed by atoms with Gasteiger partial charge < -0.3 is 0 Å². The van der Waals surface area contributed by atoms with E-state index in [1.54, 1.807) is 23.1 Å². The van der Waals surface area contributed by atoms with E-state index in [0.717, 1.165) is 27.8 Å². The predicted octanol–water partition coefficient (Wildman–Crippen LogP) is 4.90. The Bertz CT molecular complexity index is 671. The highest BCUT2D eigenvalue weighted by Crippen LogP contribution is 2.38. The predicted molar refractivity (Wildman–Crippen MR) is 89.3 cm³/mol. The lowest BCUT2D eigenvalue weighted by Gasteiger charge is -2.26. The van der Waals surface area contributed by atoms with E-state index >= 15 is 0 Å². The Kier molecular flexibility index (Phi) is 3.93. The number of hydrogen-bond acceptors (Lipinski definition) is 4. The first-order valence-electron chi connectivity index (χ1n) is 7.14. The molecule has 0 unspecified atom stereocenters. The van der Waals surface area contributed by atoms with Crippen molar-refractivity contribution < 1.29 is 4.79 Å². The van der Waals surface area contributed by atoms with Gasteiger partial charge in [-0.1, -0.05) is 31.5 Å². The molecule has 110 valence electrons. The molecule has 2 aromatic rings. The number of Topliss-reactive ketones (excluding diaryl/α,β-unsaturated/α-hetero) is 1. The van der Waals surface area contributed by atoms with E-state index in [9.17, 15) is 4.79 Å². The minimum absolute atomic E-state index is 0.0551. The van der Waals surface area contributed by atoms with Crippen molar-refractivity contribution in [3.05, 3.63) is 45.4 Å². The maximum Gasteiger partial charge on any atom is 0.175 e. The molecule has 2 nitrogen and oxygen atoms in total. The zero-order chi connectivity index (χ0) is 15.0. The molecule has 0 saturated heterocycles. The molecular formula is C17H19NOS2. The molecule has 21 heavy (non-hydrogen) atoms. The second kappa shape index (κ2) is 5.58. The van der Waals surface area contributed by atoms with Gasteiger partial charge in [0.15, 0.2) is 5.78 Å². The van der Waals surface area contributed by atoms with E-state index in [4.69, 9.17) is 4.98 Å². The number of nitrogens with zero attached hydrogens (tertiary/aromatic N) is 1. The monoisotopic (exact) mass is 317 g/mol. The van der Waals surface area contributed by atoms with Gasteiger partial charge in [-0.05, 0) is 30.9 Å². The third-order valence-corrected chi connectivity index (χ3v) is 6.01. The number of aromatic nitrogens is 1. The summed E-state index contributed by atoms with van der Waals surface area (Å²) in [5, 5.41) is 1.07. The number of rotatable bonds is 3. The van der Waals surface area contributed by atoms with Crippen LogP contribution >= 0.6 is 23.1 Å². The maximum atomic E-state index is 12.2. The molecule has 0 bridgehead atoms. The van der Waals surface area contributed by atoms with Gasteiger partial charge in [0.25, 0.3) is 0 Å². The quantitative estimate of drug-likeness (QED) is 0.754. The average Bonchev–Trinajstić information content (AvgIpc) is 2.80. The van der Waals surface area contributed by atoms with Gasteiger partial charge in [-0.2, -0.15) is 0 Å². The Morgan fingerprint density at radius 2 is 1.95 bits per heavy atom. The zero-order valence-electron chi connectivity index (χ0n) is 12.6. The molecule has 0 spiro atoms. The van der Waals surface area contributed by atoms with Gasteiger partial charge in [0, 0.05) is 11.3 Å². The molecule has 0 saturated carbocycles. The standard InChI is InChI=1S/C17H19NOS2/c1-11-4-6-12(7-5-11)20-10-15-18-13-8-17(2,3)9-14(19)16(13)21-15/h4-7H,8-10H2,1-3H3. The van der Waals surface area contributed by atoms with Crippen LogP contribution in [-0.2, 0) is 12.2 Å². The third-order valence-electron chi connectivity index (χ3n) is 3.66. The second-order valence-electron chi connectivity index (χ2n) is 6.43. The van der Waals surface area contributed by atoms with Crippen molar-refractivity contribution in [2.45, 2.75) is 44.3 Å². The minimum atomic E-state index is 0.0551. The van der Waals surface area contributed by atoms with Crippen molar-refractivity contribution in [2.75, 3.05) is 0 Å². The van der Waals surface area contributed by atoms with Gasteiger partial charge in [-0.15, -0.1) is 23.1 Å². The van der Waals surface area contributed by atoms with E-state index in [-0.39, 0.29) is 11.2 Å². The average molecular weight is 317 g/mol. The van der Waals surface area contributed by atoms with Gasteiger partial charge in [-0.25, -0.2) is 4.98 Å². The summed E-state index contributed by atoms with van der Waals surface area (Å²) in [5.41, 5.74) is 2.34. The molecule has 0 N–H and O–H groups in total. The zero-order valence-corrected chi connectivity index (χ0v) is 14.2. The molecular weight excluding hydrogens is 298 g/mol. The Hall–Kier alpha value is -1.13. The molecule has 1 aromatic carbocycles. The van der Waals surface area contributed by atoms with E-state index < -0.39 is 0 Å². The van der Waals surface area contributed by atoms with Gasteiger partial charge in [0.1, 0.15) is 5.01 Å². The summed E-state index contributed by atoms with van der Waals surface area (Å²) in [5.74, 6) is 1.11. The fourth-order valence-electron chi connectivity index (χ4n) is 2.61. The van der Waals surface area contributed by atoms with Crippen LogP contribution < -0.4 is 0 Å². The first-order chi connectivity index (χ1) is 9.93. The summed E-state index contributed by atoms with van der Waals surface area (Å²) in [6.07, 6.45) is 1.56. The van der Waals surface area contributed by atoms with Crippen LogP contribution in [-0.4, -0.2) is 10.8 Å². The van der Waals surface area contributed by atoms with E-state index in [1.807, 2.05) is 0 Å². The van der Waals surface area contributed by atoms with E-state index in [2.05, 4.69) is 45.0 Å². The first kappa shape index (κ1) is 14.8. The number of aryl methyl sites for hydroxylation is 1. The summed E-state index contributed by atoms with van der Waals surface area (Å²) < 4.78 is 0. The van der Waals surface area contributed by atoms with Crippen molar-refractivity contribution in [3.8, 4) is 0 Å². The number of fused-ring (bicyclic) bond motifs is 1. The molecule has 0 fully saturated rings. The SMILES string of the molecule is Cc1ccc(SCc2nc3c(s2)C(=O)CC(C)(C)C3)cc1. The number of carbonyl (C=O) groups is 1. The van der Waals surface area contributed by atoms with E-state index in [0.29, 0.717) is 6.42 Å². The molecule has 4 heteroatoms. The number of hydrogen-bond donors (Lipinski definition) is 0. The van der Waals surface area contributed by atoms with Crippen molar-refractivity contribution in [1.29, 1.82) is 0 Å². The van der Waals surface area contributed by atoms with Crippen LogP contribution in [0.1, 0.15) is 46.2 Å². The van der Waals surface area contributed by atoms with Gasteiger partial charge in [0.05, 0.1) is 16.3 Å². The molecule has 0 radical (unpaired) electrons. The van der Waals surface area contributed by atoms with Gasteiger partial charge in [-0.3, -0.25) is 4.79 Å². The number of thiazole rings is 1. The first-order valence-corrected chi connectivity index (χ1v) is 8.94. The van der Waals surface area contributed by atoms with Crippen molar-refractivity contribution in [3.63, 3.8) is 0 Å². The Morgan fingerprint density at radius 3 is 2.67 bits per heavy atom. The normalized spacial score (nSPS) is 16.8. The van der Waals surface area contributed by atoms with Crippen LogP contribution in [0.5, 0.6) is 0 Å². The number of thioether (sulfide) groups is 1. The highest BCUT2D eigenvalue weighted by molar-refractivity contribution is 7.98. The minimum Gasteiger partial charge on any atom is -0.293 e. The lowest BCUT2D eigenvalue weighted by atomic mass is 9.78. The summed E-state index contributed by atoms with van der Waals surface area (Å²) in [6, 6.07) is 8.53. The summed E-state index contributed by atoms with van der Waals surface area (Å²) in [4.78, 5) is 19.0. The molecule has 0 atom stereocenters. The Labute approximate surface area is 134 Å². The van der Waals surface area contributed by atoms with Crippen LogP contribution in [0.2, 0.25) is 0 Å². The fraction of sp³-hybridized carbons (Fsp3) is 0.412. The lowest BCUT2D eigenvalue weighted by molar-refractivity contribution is 0.0916. The highest BCUT2D eigenvalue weighted by Gasteiger charge is 2.33. The van der Waals surface area contributed by atoms with Gasteiger partial charge >= 0.3 is 0 Å². The topological polar surface area (TPSA) is 30.0 Å². The number of carbonyl (C=O) groups excluding carboxylic acids is 1. The highest BCUT2D eigenvalue weighted by atomic mass is 32.2. The molecule has 1 aromatic heterocycles. The van der Waals surface area contributed by atoms with Crippen LogP contribution in [0.15, 0.2) is 29.2 Å². The molecule has 1 heterocycles. The van der Waals surface area contributed by atoms with Crippen LogP contribution in [0, 0.1) is 12.3 Å². The lowest BCUT2D eigenvalue weighted by Crippen LogP contribution is -2.25. The van der Waals surface area contributed by atoms with Gasteiger partial charge in [0.2, 0.25) is 0 Å².